The van der Waals surface area contributed by atoms with E-state index in [1.165, 1.54) is 29.7 Å². The normalized spacial score (nSPS) is 23.7. The maximum absolute atomic E-state index is 6.37. The molecule has 0 aliphatic carbocycles. The summed E-state index contributed by atoms with van der Waals surface area (Å²) in [4.78, 5) is 5.04. The highest BCUT2D eigenvalue weighted by Gasteiger charge is 2.43. The van der Waals surface area contributed by atoms with Crippen molar-refractivity contribution in [2.24, 2.45) is 0 Å². The number of likely N-dealkylation sites (tertiary alicyclic amines) is 1. The summed E-state index contributed by atoms with van der Waals surface area (Å²) in [5, 5.41) is 4.54. The van der Waals surface area contributed by atoms with Gasteiger partial charge in [-0.1, -0.05) is 41.9 Å². The average Bonchev–Trinajstić information content (AvgIpc) is 2.74. The molecule has 3 nitrogen and oxygen atoms in total. The number of fused-ring (bicyclic) bond motifs is 1. The van der Waals surface area contributed by atoms with Crippen LogP contribution in [0.15, 0.2) is 48.5 Å². The lowest BCUT2D eigenvalue weighted by molar-refractivity contribution is 0.0394. The molecule has 1 saturated heterocycles. The Hall–Kier alpha value is -1.55. The number of rotatable bonds is 1. The van der Waals surface area contributed by atoms with Crippen molar-refractivity contribution in [3.63, 3.8) is 0 Å². The Kier molecular flexibility index (Phi) is 4.48. The second kappa shape index (κ2) is 6.64. The highest BCUT2D eigenvalue weighted by atomic mass is 35.5. The number of hydrogen-bond acceptors (Lipinski definition) is 3. The summed E-state index contributed by atoms with van der Waals surface area (Å²) in [6.45, 7) is 3.27. The van der Waals surface area contributed by atoms with Gasteiger partial charge in [-0.15, -0.1) is 0 Å². The fourth-order valence-corrected chi connectivity index (χ4v) is 4.57. The van der Waals surface area contributed by atoms with E-state index in [0.717, 1.165) is 24.7 Å². The highest BCUT2D eigenvalue weighted by molar-refractivity contribution is 6.30. The van der Waals surface area contributed by atoms with Crippen LogP contribution in [-0.4, -0.2) is 49.1 Å². The van der Waals surface area contributed by atoms with E-state index in [4.69, 9.17) is 11.6 Å². The Morgan fingerprint density at radius 2 is 1.76 bits per heavy atom. The van der Waals surface area contributed by atoms with E-state index in [9.17, 15) is 0 Å². The lowest BCUT2D eigenvalue weighted by Gasteiger charge is -2.48. The zero-order valence-corrected chi connectivity index (χ0v) is 15.8. The number of nitrogens with zero attached hydrogens (tertiary/aromatic N) is 2. The predicted octanol–water partition coefficient (Wildman–Crippen LogP) is 4.25. The molecule has 2 aliphatic heterocycles. The first-order chi connectivity index (χ1) is 12.1. The number of hydrogen-bond donors (Lipinski definition) is 1. The lowest BCUT2D eigenvalue weighted by atomic mass is 9.83. The molecule has 25 heavy (non-hydrogen) atoms. The van der Waals surface area contributed by atoms with Crippen LogP contribution in [0.2, 0.25) is 5.02 Å². The molecule has 2 aromatic rings. The van der Waals surface area contributed by atoms with Crippen LogP contribution >= 0.6 is 11.6 Å². The summed E-state index contributed by atoms with van der Waals surface area (Å²) < 4.78 is 0. The Morgan fingerprint density at radius 1 is 1.04 bits per heavy atom. The van der Waals surface area contributed by atoms with E-state index in [-0.39, 0.29) is 11.6 Å². The first-order valence-corrected chi connectivity index (χ1v) is 9.47. The maximum Gasteiger partial charge on any atom is 0.0625 e. The molecule has 1 unspecified atom stereocenters. The molecule has 0 saturated carbocycles. The minimum absolute atomic E-state index is 0.165. The minimum atomic E-state index is 0.165. The standard InChI is InChI=1S/C21H26ClN3/c1-24-12-10-21(11-13-24)15-23-19-9-8-17(22)14-18(19)20(25(21)2)16-6-4-3-5-7-16/h3-9,14,20,23H,10-13,15H2,1-2H3. The third kappa shape index (κ3) is 3.05. The van der Waals surface area contributed by atoms with Crippen LogP contribution in [0.5, 0.6) is 0 Å². The van der Waals surface area contributed by atoms with Crippen molar-refractivity contribution in [2.45, 2.75) is 24.4 Å². The van der Waals surface area contributed by atoms with E-state index in [1.54, 1.807) is 0 Å². The van der Waals surface area contributed by atoms with Crippen LogP contribution in [0, 0.1) is 0 Å². The molecule has 1 N–H and O–H groups in total. The van der Waals surface area contributed by atoms with E-state index < -0.39 is 0 Å². The fourth-order valence-electron chi connectivity index (χ4n) is 4.39. The van der Waals surface area contributed by atoms with Crippen LogP contribution in [0.4, 0.5) is 5.69 Å². The largest absolute Gasteiger partial charge is 0.383 e. The number of benzene rings is 2. The Labute approximate surface area is 155 Å². The molecule has 4 heteroatoms. The van der Waals surface area contributed by atoms with Crippen LogP contribution in [0.3, 0.4) is 0 Å². The van der Waals surface area contributed by atoms with E-state index in [1.807, 2.05) is 6.07 Å². The van der Waals surface area contributed by atoms with Gasteiger partial charge >= 0.3 is 0 Å². The number of anilines is 1. The average molecular weight is 356 g/mol. The van der Waals surface area contributed by atoms with Gasteiger partial charge in [0.1, 0.15) is 0 Å². The smallest absolute Gasteiger partial charge is 0.0625 e. The van der Waals surface area contributed by atoms with Crippen molar-refractivity contribution in [1.82, 2.24) is 9.80 Å². The molecule has 0 bridgehead atoms. The van der Waals surface area contributed by atoms with Gasteiger partial charge in [0.2, 0.25) is 0 Å². The van der Waals surface area contributed by atoms with Crippen molar-refractivity contribution in [2.75, 3.05) is 39.0 Å². The van der Waals surface area contributed by atoms with Gasteiger partial charge in [0.05, 0.1) is 6.04 Å². The fraction of sp³-hybridized carbons (Fsp3) is 0.429. The molecule has 132 valence electrons. The van der Waals surface area contributed by atoms with Gasteiger partial charge in [0, 0.05) is 22.8 Å². The molecule has 2 aromatic carbocycles. The molecule has 2 aliphatic rings. The third-order valence-electron chi connectivity index (χ3n) is 6.08. The van der Waals surface area contributed by atoms with Crippen molar-refractivity contribution >= 4 is 17.3 Å². The van der Waals surface area contributed by atoms with Crippen LogP contribution < -0.4 is 5.32 Å². The molecule has 1 spiro atoms. The number of likely N-dealkylation sites (N-methyl/N-ethyl adjacent to an activating group) is 1. The SMILES string of the molecule is CN1CCC2(CC1)CNc1ccc(Cl)cc1C(c1ccccc1)N2C. The predicted molar refractivity (Wildman–Crippen MR) is 105 cm³/mol. The molecule has 1 atom stereocenters. The second-order valence-electron chi connectivity index (χ2n) is 7.54. The van der Waals surface area contributed by atoms with Gasteiger partial charge < -0.3 is 10.2 Å². The van der Waals surface area contributed by atoms with Crippen molar-refractivity contribution < 1.29 is 0 Å². The first-order valence-electron chi connectivity index (χ1n) is 9.09. The molecule has 4 rings (SSSR count). The number of nitrogens with one attached hydrogen (secondary N) is 1. The van der Waals surface area contributed by atoms with Crippen molar-refractivity contribution in [3.8, 4) is 0 Å². The van der Waals surface area contributed by atoms with E-state index >= 15 is 0 Å². The van der Waals surface area contributed by atoms with Gasteiger partial charge in [-0.25, -0.2) is 0 Å². The zero-order chi connectivity index (χ0) is 17.4. The Balaban J connectivity index is 1.82. The lowest BCUT2D eigenvalue weighted by Crippen LogP contribution is -2.57. The summed E-state index contributed by atoms with van der Waals surface area (Å²) in [5.74, 6) is 0. The van der Waals surface area contributed by atoms with Crippen LogP contribution in [0.1, 0.15) is 30.0 Å². The molecule has 0 radical (unpaired) electrons. The number of piperidine rings is 1. The van der Waals surface area contributed by atoms with Gasteiger partial charge in [-0.05, 0) is 69.4 Å². The van der Waals surface area contributed by atoms with Crippen molar-refractivity contribution in [3.05, 3.63) is 64.7 Å². The summed E-state index contributed by atoms with van der Waals surface area (Å²) in [6.07, 6.45) is 2.36. The number of halogens is 1. The summed E-state index contributed by atoms with van der Waals surface area (Å²) in [5.41, 5.74) is 3.98. The monoisotopic (exact) mass is 355 g/mol. The Bertz CT molecular complexity index is 738. The van der Waals surface area contributed by atoms with Gasteiger partial charge in [0.25, 0.3) is 0 Å². The second-order valence-corrected chi connectivity index (χ2v) is 7.97. The van der Waals surface area contributed by atoms with Crippen LogP contribution in [-0.2, 0) is 0 Å². The molecular weight excluding hydrogens is 330 g/mol. The molecule has 0 aromatic heterocycles. The molecular formula is C21H26ClN3. The molecule has 1 fully saturated rings. The van der Waals surface area contributed by atoms with Crippen molar-refractivity contribution in [1.29, 1.82) is 0 Å². The first kappa shape index (κ1) is 16.9. The van der Waals surface area contributed by atoms with E-state index in [2.05, 4.69) is 71.7 Å². The van der Waals surface area contributed by atoms with Gasteiger partial charge in [-0.2, -0.15) is 0 Å². The quantitative estimate of drug-likeness (QED) is 0.825. The minimum Gasteiger partial charge on any atom is -0.383 e. The summed E-state index contributed by atoms with van der Waals surface area (Å²) in [7, 11) is 4.51. The summed E-state index contributed by atoms with van der Waals surface area (Å²) in [6, 6.07) is 17.3. The van der Waals surface area contributed by atoms with Crippen LogP contribution in [0.25, 0.3) is 0 Å². The third-order valence-corrected chi connectivity index (χ3v) is 6.32. The Morgan fingerprint density at radius 3 is 2.48 bits per heavy atom. The van der Waals surface area contributed by atoms with E-state index in [0.29, 0.717) is 0 Å². The topological polar surface area (TPSA) is 18.5 Å². The maximum atomic E-state index is 6.37. The van der Waals surface area contributed by atoms with Gasteiger partial charge in [-0.3, -0.25) is 4.90 Å². The highest BCUT2D eigenvalue weighted by Crippen LogP contribution is 2.43. The zero-order valence-electron chi connectivity index (χ0n) is 15.0. The summed E-state index contributed by atoms with van der Waals surface area (Å²) >= 11 is 6.37. The molecule has 2 heterocycles. The molecule has 0 amide bonds. The van der Waals surface area contributed by atoms with Gasteiger partial charge in [0.15, 0.2) is 0 Å².